The lowest BCUT2D eigenvalue weighted by molar-refractivity contribution is -0.742. The summed E-state index contributed by atoms with van der Waals surface area (Å²) in [5, 5.41) is 14.3. The predicted octanol–water partition coefficient (Wildman–Crippen LogP) is -0.116. The molecule has 1 aromatic heterocycles. The molecular formula is C10H8ClN3O3. The fraction of sp³-hybridized carbons (Fsp3) is 0.100. The Hall–Kier alpha value is -2.08. The normalized spacial score (nSPS) is 11.8. The molecule has 0 spiro atoms. The number of hydrogen-bond donors (Lipinski definition) is 1. The quantitative estimate of drug-likeness (QED) is 0.460. The average molecular weight is 254 g/mol. The number of para-hydroxylation sites is 1. The fourth-order valence-electron chi connectivity index (χ4n) is 1.28. The van der Waals surface area contributed by atoms with Crippen LogP contribution in [0, 0.1) is 0 Å². The van der Waals surface area contributed by atoms with Crippen LogP contribution < -0.4 is 15.4 Å². The number of aliphatic imine (C=N–C) groups is 1. The van der Waals surface area contributed by atoms with Crippen LogP contribution in [0.4, 0.5) is 5.69 Å². The van der Waals surface area contributed by atoms with E-state index in [1.165, 1.54) is 7.05 Å². The van der Waals surface area contributed by atoms with Crippen molar-refractivity contribution >= 4 is 23.2 Å². The predicted molar refractivity (Wildman–Crippen MR) is 58.2 cm³/mol. The molecule has 7 heteroatoms. The van der Waals surface area contributed by atoms with E-state index in [1.54, 1.807) is 24.3 Å². The number of benzene rings is 1. The Morgan fingerprint density at radius 3 is 2.82 bits per heavy atom. The first kappa shape index (κ1) is 11.4. The Balaban J connectivity index is 2.49. The van der Waals surface area contributed by atoms with Gasteiger partial charge in [-0.05, 0) is 17.4 Å². The summed E-state index contributed by atoms with van der Waals surface area (Å²) in [7, 11) is 1.47. The average Bonchev–Trinajstić information content (AvgIpc) is 2.62. The summed E-state index contributed by atoms with van der Waals surface area (Å²) in [4.78, 5) is 15.0. The Morgan fingerprint density at radius 2 is 2.24 bits per heavy atom. The minimum atomic E-state index is -0.770. The molecule has 0 atom stereocenters. The molecule has 0 amide bonds. The van der Waals surface area contributed by atoms with Crippen molar-refractivity contribution < 1.29 is 14.3 Å². The first-order valence-electron chi connectivity index (χ1n) is 4.67. The van der Waals surface area contributed by atoms with Crippen molar-refractivity contribution in [1.29, 1.82) is 0 Å². The van der Waals surface area contributed by atoms with Gasteiger partial charge in [-0.1, -0.05) is 28.4 Å². The first-order chi connectivity index (χ1) is 8.09. The van der Waals surface area contributed by atoms with Gasteiger partial charge in [0, 0.05) is 0 Å². The van der Waals surface area contributed by atoms with Crippen molar-refractivity contribution in [2.45, 2.75) is 0 Å². The molecule has 0 aliphatic carbocycles. The minimum absolute atomic E-state index is 0.190. The van der Waals surface area contributed by atoms with Crippen LogP contribution in [0.5, 0.6) is 0 Å². The molecule has 1 N–H and O–H groups in total. The maximum absolute atomic E-state index is 11.7. The molecular weight excluding hydrogens is 246 g/mol. The molecule has 0 bridgehead atoms. The number of rotatable bonds is 2. The molecule has 0 radical (unpaired) electrons. The second kappa shape index (κ2) is 4.42. The van der Waals surface area contributed by atoms with Gasteiger partial charge in [-0.3, -0.25) is 9.52 Å². The zero-order valence-electron chi connectivity index (χ0n) is 8.81. The van der Waals surface area contributed by atoms with E-state index in [0.717, 1.165) is 4.68 Å². The molecule has 2 rings (SSSR count). The zero-order valence-corrected chi connectivity index (χ0v) is 9.56. The Kier molecular flexibility index (Phi) is 2.97. The van der Waals surface area contributed by atoms with Crippen LogP contribution in [0.15, 0.2) is 38.6 Å². The van der Waals surface area contributed by atoms with E-state index < -0.39 is 11.5 Å². The summed E-state index contributed by atoms with van der Waals surface area (Å²) in [5.74, 6) is -0.712. The lowest BCUT2D eigenvalue weighted by Gasteiger charge is -2.04. The molecule has 6 nitrogen and oxygen atoms in total. The number of hydrogen-bond acceptors (Lipinski definition) is 4. The van der Waals surface area contributed by atoms with E-state index in [0.29, 0.717) is 10.7 Å². The highest BCUT2D eigenvalue weighted by Crippen LogP contribution is 2.23. The molecule has 0 saturated heterocycles. The Labute approximate surface area is 101 Å². The van der Waals surface area contributed by atoms with Gasteiger partial charge in [0.15, 0.2) is 7.05 Å². The van der Waals surface area contributed by atoms with Gasteiger partial charge >= 0.3 is 11.3 Å². The van der Waals surface area contributed by atoms with Crippen molar-refractivity contribution in [3.8, 4) is 0 Å². The van der Waals surface area contributed by atoms with E-state index in [-0.39, 0.29) is 5.69 Å². The lowest BCUT2D eigenvalue weighted by Crippen LogP contribution is -2.43. The highest BCUT2D eigenvalue weighted by atomic mass is 35.5. The first-order valence-corrected chi connectivity index (χ1v) is 5.05. The van der Waals surface area contributed by atoms with Crippen molar-refractivity contribution in [1.82, 2.24) is 5.27 Å². The molecule has 1 aromatic carbocycles. The number of nitrogens with one attached hydrogen (secondary N) is 1. The van der Waals surface area contributed by atoms with Crippen LogP contribution >= 0.6 is 11.6 Å². The van der Waals surface area contributed by atoms with Gasteiger partial charge in [0.2, 0.25) is 0 Å². The summed E-state index contributed by atoms with van der Waals surface area (Å²) < 4.78 is 5.61. The third-order valence-electron chi connectivity index (χ3n) is 2.08. The second-order valence-electron chi connectivity index (χ2n) is 3.26. The Morgan fingerprint density at radius 1 is 1.53 bits per heavy atom. The van der Waals surface area contributed by atoms with Crippen molar-refractivity contribution in [3.05, 3.63) is 45.4 Å². The monoisotopic (exact) mass is 253 g/mol. The van der Waals surface area contributed by atoms with Crippen LogP contribution in [0.3, 0.4) is 0 Å². The van der Waals surface area contributed by atoms with Crippen LogP contribution in [-0.4, -0.2) is 11.2 Å². The molecule has 1 heterocycles. The highest BCUT2D eigenvalue weighted by Gasteiger charge is 2.17. The van der Waals surface area contributed by atoms with E-state index in [4.69, 9.17) is 11.6 Å². The second-order valence-corrected chi connectivity index (χ2v) is 3.66. The fourth-order valence-corrected chi connectivity index (χ4v) is 1.45. The number of aromatic nitrogens is 2. The van der Waals surface area contributed by atoms with Gasteiger partial charge < -0.3 is 5.11 Å². The SMILES string of the molecule is C[n+]1[nH]oc(=O)c1C([O-])=Nc1ccccc1Cl. The molecule has 0 unspecified atom stereocenters. The highest BCUT2D eigenvalue weighted by molar-refractivity contribution is 6.33. The zero-order chi connectivity index (χ0) is 12.4. The van der Waals surface area contributed by atoms with Crippen LogP contribution in [0.2, 0.25) is 5.02 Å². The third kappa shape index (κ3) is 2.21. The summed E-state index contributed by atoms with van der Waals surface area (Å²) in [6.07, 6.45) is 0. The third-order valence-corrected chi connectivity index (χ3v) is 2.40. The number of H-pyrrole nitrogens is 1. The summed E-state index contributed by atoms with van der Waals surface area (Å²) in [6, 6.07) is 6.59. The van der Waals surface area contributed by atoms with E-state index in [1.807, 2.05) is 0 Å². The molecule has 0 aliphatic heterocycles. The van der Waals surface area contributed by atoms with Crippen molar-refractivity contribution in [2.24, 2.45) is 12.0 Å². The number of halogens is 1. The van der Waals surface area contributed by atoms with Gasteiger partial charge in [0.25, 0.3) is 0 Å². The maximum atomic E-state index is 11.7. The minimum Gasteiger partial charge on any atom is -0.854 e. The summed E-state index contributed by atoms with van der Waals surface area (Å²) in [6.45, 7) is 0. The van der Waals surface area contributed by atoms with Gasteiger partial charge in [0.05, 0.1) is 16.6 Å². The van der Waals surface area contributed by atoms with Gasteiger partial charge in [-0.15, -0.1) is 0 Å². The molecule has 0 saturated carbocycles. The van der Waals surface area contributed by atoms with Crippen LogP contribution in [0.25, 0.3) is 0 Å². The molecule has 88 valence electrons. The standard InChI is InChI=1S/C10H8ClN3O3/c1-14-8(10(16)17-13-14)9(15)12-7-5-3-2-4-6(7)11/h2-5H,1H3,(H-,12,13,15,16). The molecule has 17 heavy (non-hydrogen) atoms. The molecule has 2 aromatic rings. The molecule has 0 fully saturated rings. The van der Waals surface area contributed by atoms with Gasteiger partial charge in [-0.25, -0.2) is 4.79 Å². The van der Waals surface area contributed by atoms with Crippen LogP contribution in [0.1, 0.15) is 5.69 Å². The number of nitrogens with zero attached hydrogens (tertiary/aromatic N) is 2. The summed E-state index contributed by atoms with van der Waals surface area (Å²) >= 11 is 5.85. The van der Waals surface area contributed by atoms with Gasteiger partial charge in [0.1, 0.15) is 0 Å². The Bertz CT molecular complexity index is 630. The summed E-state index contributed by atoms with van der Waals surface area (Å²) in [5.41, 5.74) is -0.655. The smallest absolute Gasteiger partial charge is 0.435 e. The maximum Gasteiger partial charge on any atom is 0.435 e. The van der Waals surface area contributed by atoms with E-state index in [2.05, 4.69) is 14.8 Å². The van der Waals surface area contributed by atoms with Crippen LogP contribution in [-0.2, 0) is 7.05 Å². The van der Waals surface area contributed by atoms with Crippen molar-refractivity contribution in [3.63, 3.8) is 0 Å². The lowest BCUT2D eigenvalue weighted by atomic mass is 10.3. The van der Waals surface area contributed by atoms with Crippen molar-refractivity contribution in [2.75, 3.05) is 0 Å². The number of aryl methyl sites for hydroxylation is 1. The molecule has 0 aliphatic rings. The van der Waals surface area contributed by atoms with E-state index in [9.17, 15) is 9.90 Å². The van der Waals surface area contributed by atoms with E-state index >= 15 is 0 Å². The largest absolute Gasteiger partial charge is 0.854 e. The number of aromatic amines is 1. The topological polar surface area (TPSA) is 85.3 Å². The van der Waals surface area contributed by atoms with Gasteiger partial charge in [-0.2, -0.15) is 0 Å².